The van der Waals surface area contributed by atoms with Gasteiger partial charge in [0.05, 0.1) is 11.9 Å². The van der Waals surface area contributed by atoms with Gasteiger partial charge in [0.1, 0.15) is 12.6 Å². The lowest BCUT2D eigenvalue weighted by Gasteiger charge is -2.33. The molecule has 0 aliphatic heterocycles. The fraction of sp³-hybridized carbons (Fsp3) is 0.417. The van der Waals surface area contributed by atoms with Gasteiger partial charge in [-0.25, -0.2) is 8.42 Å². The molecular formula is C24H31Cl2N3O4S. The molecule has 0 radical (unpaired) electrons. The van der Waals surface area contributed by atoms with Crippen LogP contribution in [-0.2, 0) is 26.2 Å². The first-order chi connectivity index (χ1) is 15.6. The van der Waals surface area contributed by atoms with Gasteiger partial charge in [0, 0.05) is 22.1 Å². The fourth-order valence-electron chi connectivity index (χ4n) is 3.36. The second-order valence-electron chi connectivity index (χ2n) is 9.32. The van der Waals surface area contributed by atoms with Crippen LogP contribution in [0.15, 0.2) is 42.5 Å². The van der Waals surface area contributed by atoms with E-state index in [0.29, 0.717) is 0 Å². The average Bonchev–Trinajstić information content (AvgIpc) is 2.66. The highest BCUT2D eigenvalue weighted by Gasteiger charge is 2.31. The predicted octanol–water partition coefficient (Wildman–Crippen LogP) is 4.40. The summed E-state index contributed by atoms with van der Waals surface area (Å²) < 4.78 is 26.1. The topological polar surface area (TPSA) is 86.8 Å². The zero-order chi connectivity index (χ0) is 25.8. The molecule has 0 saturated carbocycles. The van der Waals surface area contributed by atoms with Crippen molar-refractivity contribution >= 4 is 50.7 Å². The number of hydrogen-bond donors (Lipinski definition) is 1. The standard InChI is InChI=1S/C24H31Cl2N3O4S/c1-16-8-7-9-18(10-16)14-28(17(2)23(31)27-24(3,4)5)22(30)15-29(34(6,32)33)21-12-19(25)11-20(26)13-21/h7-13,17H,14-15H2,1-6H3,(H,27,31). The smallest absolute Gasteiger partial charge is 0.244 e. The Hall–Kier alpha value is -2.29. The molecule has 0 spiro atoms. The number of carbonyl (C=O) groups is 2. The number of carbonyl (C=O) groups excluding carboxylic acids is 2. The van der Waals surface area contributed by atoms with Gasteiger partial charge in [-0.1, -0.05) is 53.0 Å². The Balaban J connectivity index is 2.44. The Morgan fingerprint density at radius 2 is 1.65 bits per heavy atom. The van der Waals surface area contributed by atoms with Crippen molar-refractivity contribution in [1.29, 1.82) is 0 Å². The summed E-state index contributed by atoms with van der Waals surface area (Å²) in [7, 11) is -3.87. The minimum atomic E-state index is -3.87. The molecule has 186 valence electrons. The van der Waals surface area contributed by atoms with Gasteiger partial charge in [-0.3, -0.25) is 13.9 Å². The number of amides is 2. The third kappa shape index (κ3) is 8.18. The van der Waals surface area contributed by atoms with Crippen LogP contribution in [0.25, 0.3) is 0 Å². The number of halogens is 2. The monoisotopic (exact) mass is 527 g/mol. The molecule has 0 heterocycles. The zero-order valence-electron chi connectivity index (χ0n) is 20.2. The van der Waals surface area contributed by atoms with Gasteiger partial charge in [-0.15, -0.1) is 0 Å². The first-order valence-corrected chi connectivity index (χ1v) is 13.3. The van der Waals surface area contributed by atoms with Gasteiger partial charge >= 0.3 is 0 Å². The Morgan fingerprint density at radius 3 is 2.15 bits per heavy atom. The normalized spacial score (nSPS) is 12.7. The molecule has 1 N–H and O–H groups in total. The summed E-state index contributed by atoms with van der Waals surface area (Å²) in [6.07, 6.45) is 0.996. The van der Waals surface area contributed by atoms with Crippen LogP contribution < -0.4 is 9.62 Å². The SMILES string of the molecule is Cc1cccc(CN(C(=O)CN(c2cc(Cl)cc(Cl)c2)S(C)(=O)=O)C(C)C(=O)NC(C)(C)C)c1. The van der Waals surface area contributed by atoms with Crippen molar-refractivity contribution < 1.29 is 18.0 Å². The highest BCUT2D eigenvalue weighted by atomic mass is 35.5. The molecule has 2 amide bonds. The van der Waals surface area contributed by atoms with Crippen molar-refractivity contribution in [2.24, 2.45) is 0 Å². The van der Waals surface area contributed by atoms with Crippen molar-refractivity contribution in [3.05, 3.63) is 63.6 Å². The fourth-order valence-corrected chi connectivity index (χ4v) is 4.71. The van der Waals surface area contributed by atoms with E-state index in [9.17, 15) is 18.0 Å². The number of aryl methyl sites for hydroxylation is 1. The Kier molecular flexibility index (Phi) is 9.02. The number of benzene rings is 2. The second kappa shape index (κ2) is 11.0. The van der Waals surface area contributed by atoms with Crippen molar-refractivity contribution in [1.82, 2.24) is 10.2 Å². The van der Waals surface area contributed by atoms with E-state index in [0.717, 1.165) is 21.7 Å². The molecule has 0 saturated heterocycles. The minimum Gasteiger partial charge on any atom is -0.350 e. The van der Waals surface area contributed by atoms with E-state index < -0.39 is 34.1 Å². The molecular weight excluding hydrogens is 497 g/mol. The largest absolute Gasteiger partial charge is 0.350 e. The number of sulfonamides is 1. The van der Waals surface area contributed by atoms with E-state index in [-0.39, 0.29) is 28.2 Å². The summed E-state index contributed by atoms with van der Waals surface area (Å²) in [4.78, 5) is 27.8. The number of anilines is 1. The lowest BCUT2D eigenvalue weighted by atomic mass is 10.1. The van der Waals surface area contributed by atoms with E-state index in [1.807, 2.05) is 52.0 Å². The quantitative estimate of drug-likeness (QED) is 0.551. The Labute approximate surface area is 212 Å². The number of hydrogen-bond acceptors (Lipinski definition) is 4. The van der Waals surface area contributed by atoms with Crippen molar-refractivity contribution in [2.75, 3.05) is 17.1 Å². The molecule has 0 aliphatic rings. The number of nitrogens with one attached hydrogen (secondary N) is 1. The van der Waals surface area contributed by atoms with Gasteiger partial charge in [-0.05, 0) is 58.4 Å². The maximum atomic E-state index is 13.5. The van der Waals surface area contributed by atoms with E-state index >= 15 is 0 Å². The lowest BCUT2D eigenvalue weighted by Crippen LogP contribution is -2.54. The molecule has 1 atom stereocenters. The molecule has 2 rings (SSSR count). The van der Waals surface area contributed by atoms with Crippen LogP contribution in [0.5, 0.6) is 0 Å². The first kappa shape index (κ1) is 28.0. The summed E-state index contributed by atoms with van der Waals surface area (Å²) in [5, 5.41) is 3.35. The molecule has 34 heavy (non-hydrogen) atoms. The van der Waals surface area contributed by atoms with E-state index in [1.165, 1.54) is 23.1 Å². The third-order valence-electron chi connectivity index (χ3n) is 4.92. The molecule has 1 unspecified atom stereocenters. The van der Waals surface area contributed by atoms with Gasteiger partial charge in [0.25, 0.3) is 0 Å². The molecule has 0 fully saturated rings. The Bertz CT molecular complexity index is 1140. The zero-order valence-corrected chi connectivity index (χ0v) is 22.6. The maximum Gasteiger partial charge on any atom is 0.244 e. The molecule has 2 aromatic rings. The average molecular weight is 529 g/mol. The highest BCUT2D eigenvalue weighted by Crippen LogP contribution is 2.27. The van der Waals surface area contributed by atoms with Crippen molar-refractivity contribution in [3.63, 3.8) is 0 Å². The highest BCUT2D eigenvalue weighted by molar-refractivity contribution is 7.92. The number of nitrogens with zero attached hydrogens (tertiary/aromatic N) is 2. The van der Waals surface area contributed by atoms with E-state index in [1.54, 1.807) is 6.92 Å². The maximum absolute atomic E-state index is 13.5. The molecule has 7 nitrogen and oxygen atoms in total. The summed E-state index contributed by atoms with van der Waals surface area (Å²) >= 11 is 12.1. The van der Waals surface area contributed by atoms with Gasteiger partial charge in [0.2, 0.25) is 21.8 Å². The summed E-state index contributed by atoms with van der Waals surface area (Å²) in [5.74, 6) is -0.884. The minimum absolute atomic E-state index is 0.132. The van der Waals surface area contributed by atoms with Gasteiger partial charge < -0.3 is 10.2 Å². The summed E-state index contributed by atoms with van der Waals surface area (Å²) in [6, 6.07) is 11.0. The Morgan fingerprint density at radius 1 is 1.06 bits per heavy atom. The summed E-state index contributed by atoms with van der Waals surface area (Å²) in [5.41, 5.74) is 1.49. The molecule has 0 bridgehead atoms. The van der Waals surface area contributed by atoms with Crippen LogP contribution >= 0.6 is 23.2 Å². The summed E-state index contributed by atoms with van der Waals surface area (Å²) in [6.45, 7) is 8.70. The third-order valence-corrected chi connectivity index (χ3v) is 6.49. The van der Waals surface area contributed by atoms with Gasteiger partial charge in [-0.2, -0.15) is 0 Å². The molecule has 10 heteroatoms. The first-order valence-electron chi connectivity index (χ1n) is 10.7. The van der Waals surface area contributed by atoms with Crippen LogP contribution in [0.4, 0.5) is 5.69 Å². The lowest BCUT2D eigenvalue weighted by molar-refractivity contribution is -0.140. The van der Waals surface area contributed by atoms with E-state index in [2.05, 4.69) is 5.32 Å². The molecule has 2 aromatic carbocycles. The van der Waals surface area contributed by atoms with E-state index in [4.69, 9.17) is 23.2 Å². The van der Waals surface area contributed by atoms with Crippen LogP contribution in [0.3, 0.4) is 0 Å². The second-order valence-corrected chi connectivity index (χ2v) is 12.1. The van der Waals surface area contributed by atoms with Crippen LogP contribution in [0, 0.1) is 6.92 Å². The van der Waals surface area contributed by atoms with Crippen molar-refractivity contribution in [3.8, 4) is 0 Å². The van der Waals surface area contributed by atoms with Crippen LogP contribution in [0.2, 0.25) is 10.0 Å². The molecule has 0 aliphatic carbocycles. The van der Waals surface area contributed by atoms with Crippen molar-refractivity contribution in [2.45, 2.75) is 52.7 Å². The molecule has 0 aromatic heterocycles. The van der Waals surface area contributed by atoms with Crippen LogP contribution in [0.1, 0.15) is 38.8 Å². The predicted molar refractivity (Wildman–Crippen MR) is 138 cm³/mol. The van der Waals surface area contributed by atoms with Crippen LogP contribution in [-0.4, -0.2) is 49.5 Å². The van der Waals surface area contributed by atoms with Gasteiger partial charge in [0.15, 0.2) is 0 Å². The number of rotatable bonds is 8.